The fourth-order valence-electron chi connectivity index (χ4n) is 1.98. The number of halogens is 1. The normalized spacial score (nSPS) is 12.6. The first kappa shape index (κ1) is 15.6. The second kappa shape index (κ2) is 7.86. The molecular weight excluding hydrogens is 334 g/mol. The van der Waals surface area contributed by atoms with Gasteiger partial charge < -0.3 is 9.88 Å². The fourth-order valence-corrected chi connectivity index (χ4v) is 3.30. The summed E-state index contributed by atoms with van der Waals surface area (Å²) in [7, 11) is 4.08. The first-order valence-electron chi connectivity index (χ1n) is 6.71. The molecule has 108 valence electrons. The van der Waals surface area contributed by atoms with E-state index in [2.05, 4.69) is 55.1 Å². The second-order valence-electron chi connectivity index (χ2n) is 4.74. The molecular formula is C15H20BrN3S. The number of benzene rings is 1. The van der Waals surface area contributed by atoms with Gasteiger partial charge in [-0.2, -0.15) is 0 Å². The molecule has 0 radical (unpaired) electrons. The van der Waals surface area contributed by atoms with Gasteiger partial charge in [0.1, 0.15) is 5.82 Å². The second-order valence-corrected chi connectivity index (χ2v) is 6.75. The molecule has 0 amide bonds. The van der Waals surface area contributed by atoms with Gasteiger partial charge in [-0.25, -0.2) is 4.98 Å². The van der Waals surface area contributed by atoms with Crippen molar-refractivity contribution >= 4 is 27.7 Å². The lowest BCUT2D eigenvalue weighted by molar-refractivity contribution is 0.557. The maximum Gasteiger partial charge on any atom is 0.108 e. The van der Waals surface area contributed by atoms with E-state index in [1.807, 2.05) is 38.3 Å². The zero-order chi connectivity index (χ0) is 14.4. The van der Waals surface area contributed by atoms with E-state index in [1.165, 1.54) is 4.90 Å². The number of imidazole rings is 1. The van der Waals surface area contributed by atoms with Crippen LogP contribution in [-0.4, -0.2) is 28.4 Å². The Morgan fingerprint density at radius 1 is 1.35 bits per heavy atom. The Bertz CT molecular complexity index is 524. The van der Waals surface area contributed by atoms with Crippen LogP contribution >= 0.6 is 27.7 Å². The Kier molecular flexibility index (Phi) is 6.13. The minimum Gasteiger partial charge on any atom is -0.338 e. The molecule has 1 heterocycles. The molecule has 0 bridgehead atoms. The third kappa shape index (κ3) is 4.65. The lowest BCUT2D eigenvalue weighted by Crippen LogP contribution is -2.28. The first-order valence-corrected chi connectivity index (χ1v) is 8.48. The summed E-state index contributed by atoms with van der Waals surface area (Å²) in [5, 5.41) is 3.40. The summed E-state index contributed by atoms with van der Waals surface area (Å²) in [6.07, 6.45) is 5.97. The molecule has 2 rings (SSSR count). The molecule has 5 heteroatoms. The van der Waals surface area contributed by atoms with Gasteiger partial charge in [0.25, 0.3) is 0 Å². The number of hydrogen-bond acceptors (Lipinski definition) is 3. The average Bonchev–Trinajstić information content (AvgIpc) is 2.86. The molecule has 2 aromatic rings. The van der Waals surface area contributed by atoms with Crippen molar-refractivity contribution in [2.24, 2.45) is 7.05 Å². The summed E-state index contributed by atoms with van der Waals surface area (Å²) in [6, 6.07) is 8.98. The number of nitrogens with zero attached hydrogens (tertiary/aromatic N) is 2. The Balaban J connectivity index is 1.80. The molecule has 0 saturated heterocycles. The van der Waals surface area contributed by atoms with Crippen LogP contribution in [0.25, 0.3) is 0 Å². The summed E-state index contributed by atoms with van der Waals surface area (Å²) >= 11 is 5.35. The topological polar surface area (TPSA) is 29.9 Å². The van der Waals surface area contributed by atoms with Crippen molar-refractivity contribution in [1.82, 2.24) is 14.9 Å². The lowest BCUT2D eigenvalue weighted by atomic mass is 10.2. The third-order valence-electron chi connectivity index (χ3n) is 3.31. The highest BCUT2D eigenvalue weighted by Crippen LogP contribution is 2.22. The van der Waals surface area contributed by atoms with E-state index in [1.54, 1.807) is 0 Å². The monoisotopic (exact) mass is 353 g/mol. The van der Waals surface area contributed by atoms with Crippen molar-refractivity contribution in [3.8, 4) is 0 Å². The van der Waals surface area contributed by atoms with Crippen LogP contribution in [0, 0.1) is 0 Å². The van der Waals surface area contributed by atoms with E-state index in [4.69, 9.17) is 0 Å². The lowest BCUT2D eigenvalue weighted by Gasteiger charge is -2.15. The van der Waals surface area contributed by atoms with Crippen LogP contribution in [0.1, 0.15) is 12.2 Å². The Morgan fingerprint density at radius 2 is 2.10 bits per heavy atom. The van der Waals surface area contributed by atoms with E-state index in [0.29, 0.717) is 6.04 Å². The maximum absolute atomic E-state index is 4.37. The number of aromatic nitrogens is 2. The molecule has 1 aromatic heterocycles. The molecule has 1 N–H and O–H groups in total. The van der Waals surface area contributed by atoms with Gasteiger partial charge in [0.05, 0.1) is 0 Å². The highest BCUT2D eigenvalue weighted by atomic mass is 79.9. The van der Waals surface area contributed by atoms with Gasteiger partial charge in [-0.05, 0) is 37.7 Å². The summed E-state index contributed by atoms with van der Waals surface area (Å²) in [6.45, 7) is 0. The fraction of sp³-hybridized carbons (Fsp3) is 0.400. The molecule has 0 saturated carbocycles. The van der Waals surface area contributed by atoms with Gasteiger partial charge in [-0.15, -0.1) is 11.8 Å². The molecule has 3 nitrogen and oxygen atoms in total. The maximum atomic E-state index is 4.37. The van der Waals surface area contributed by atoms with Crippen LogP contribution in [0.5, 0.6) is 0 Å². The molecule has 0 aliphatic rings. The number of thioether (sulfide) groups is 1. The van der Waals surface area contributed by atoms with Gasteiger partial charge >= 0.3 is 0 Å². The number of nitrogens with one attached hydrogen (secondary N) is 1. The van der Waals surface area contributed by atoms with E-state index < -0.39 is 0 Å². The Morgan fingerprint density at radius 3 is 2.70 bits per heavy atom. The number of aryl methyl sites for hydroxylation is 2. The van der Waals surface area contributed by atoms with Gasteiger partial charge in [0.2, 0.25) is 0 Å². The zero-order valence-electron chi connectivity index (χ0n) is 11.8. The SMILES string of the molecule is CNC(CCc1nccn1C)CSc1ccc(Br)cc1. The van der Waals surface area contributed by atoms with Crippen molar-refractivity contribution in [1.29, 1.82) is 0 Å². The predicted molar refractivity (Wildman–Crippen MR) is 89.2 cm³/mol. The first-order chi connectivity index (χ1) is 9.69. The van der Waals surface area contributed by atoms with Crippen molar-refractivity contribution in [2.75, 3.05) is 12.8 Å². The Labute approximate surface area is 133 Å². The molecule has 20 heavy (non-hydrogen) atoms. The van der Waals surface area contributed by atoms with E-state index in [-0.39, 0.29) is 0 Å². The number of rotatable bonds is 7. The quantitative estimate of drug-likeness (QED) is 0.772. The number of hydrogen-bond donors (Lipinski definition) is 1. The van der Waals surface area contributed by atoms with Crippen LogP contribution < -0.4 is 5.32 Å². The van der Waals surface area contributed by atoms with Gasteiger partial charge in [-0.3, -0.25) is 0 Å². The van der Waals surface area contributed by atoms with Crippen molar-refractivity contribution in [3.05, 3.63) is 47.0 Å². The highest BCUT2D eigenvalue weighted by molar-refractivity contribution is 9.10. The van der Waals surface area contributed by atoms with E-state index in [0.717, 1.165) is 28.9 Å². The molecule has 1 unspecified atom stereocenters. The minimum absolute atomic E-state index is 0.500. The smallest absolute Gasteiger partial charge is 0.108 e. The zero-order valence-corrected chi connectivity index (χ0v) is 14.2. The summed E-state index contributed by atoms with van der Waals surface area (Å²) < 4.78 is 3.22. The van der Waals surface area contributed by atoms with E-state index in [9.17, 15) is 0 Å². The predicted octanol–water partition coefficient (Wildman–Crippen LogP) is 3.50. The largest absolute Gasteiger partial charge is 0.338 e. The van der Waals surface area contributed by atoms with Crippen molar-refractivity contribution < 1.29 is 0 Å². The van der Waals surface area contributed by atoms with Crippen molar-refractivity contribution in [2.45, 2.75) is 23.8 Å². The van der Waals surface area contributed by atoms with Crippen LogP contribution in [0.3, 0.4) is 0 Å². The van der Waals surface area contributed by atoms with Crippen LogP contribution in [-0.2, 0) is 13.5 Å². The molecule has 0 aliphatic heterocycles. The van der Waals surface area contributed by atoms with Crippen LogP contribution in [0.2, 0.25) is 0 Å². The third-order valence-corrected chi connectivity index (χ3v) is 5.01. The summed E-state index contributed by atoms with van der Waals surface area (Å²) in [5.74, 6) is 2.22. The van der Waals surface area contributed by atoms with Gasteiger partial charge in [-0.1, -0.05) is 15.9 Å². The summed E-state index contributed by atoms with van der Waals surface area (Å²) in [5.41, 5.74) is 0. The molecule has 0 fully saturated rings. The van der Waals surface area contributed by atoms with E-state index >= 15 is 0 Å². The molecule has 1 aromatic carbocycles. The average molecular weight is 354 g/mol. The van der Waals surface area contributed by atoms with Gasteiger partial charge in [0, 0.05) is 47.0 Å². The van der Waals surface area contributed by atoms with Gasteiger partial charge in [0.15, 0.2) is 0 Å². The molecule has 0 aliphatic carbocycles. The molecule has 1 atom stereocenters. The standard InChI is InChI=1S/C15H20BrN3S/c1-17-13(5-8-15-18-9-10-19(15)2)11-20-14-6-3-12(16)4-7-14/h3-4,6-7,9-10,13,17H,5,8,11H2,1-2H3. The Hall–Kier alpha value is -0.780. The summed E-state index contributed by atoms with van der Waals surface area (Å²) in [4.78, 5) is 5.68. The van der Waals surface area contributed by atoms with Crippen LogP contribution in [0.4, 0.5) is 0 Å². The van der Waals surface area contributed by atoms with Crippen molar-refractivity contribution in [3.63, 3.8) is 0 Å². The minimum atomic E-state index is 0.500. The highest BCUT2D eigenvalue weighted by Gasteiger charge is 2.09. The molecule has 0 spiro atoms. The van der Waals surface area contributed by atoms with Crippen LogP contribution in [0.15, 0.2) is 46.0 Å².